The third kappa shape index (κ3) is 4.33. The van der Waals surface area contributed by atoms with E-state index >= 15 is 0 Å². The van der Waals surface area contributed by atoms with E-state index in [0.29, 0.717) is 22.9 Å². The molecule has 0 heterocycles. The maximum Gasteiger partial charge on any atom is 0.234 e. The van der Waals surface area contributed by atoms with Gasteiger partial charge in [0.15, 0.2) is 0 Å². The fraction of sp³-hybridized carbons (Fsp3) is 0.308. The molecule has 0 radical (unpaired) electrons. The lowest BCUT2D eigenvalue weighted by molar-refractivity contribution is -0.113. The van der Waals surface area contributed by atoms with Crippen molar-refractivity contribution < 1.29 is 14.3 Å². The Morgan fingerprint density at radius 1 is 1.44 bits per heavy atom. The topological polar surface area (TPSA) is 47.6 Å². The maximum atomic E-state index is 11.7. The van der Waals surface area contributed by atoms with Crippen molar-refractivity contribution >= 4 is 23.4 Å². The molecule has 0 spiro atoms. The van der Waals surface area contributed by atoms with E-state index in [1.807, 2.05) is 0 Å². The first-order valence-corrected chi connectivity index (χ1v) is 6.57. The summed E-state index contributed by atoms with van der Waals surface area (Å²) in [4.78, 5) is 11.7. The number of carbonyl (C=O) groups excluding carboxylic acids is 1. The van der Waals surface area contributed by atoms with Gasteiger partial charge in [0.25, 0.3) is 0 Å². The summed E-state index contributed by atoms with van der Waals surface area (Å²) in [5.41, 5.74) is 0.612. The van der Waals surface area contributed by atoms with E-state index in [1.54, 1.807) is 38.5 Å². The van der Waals surface area contributed by atoms with Crippen molar-refractivity contribution in [2.45, 2.75) is 0 Å². The first-order chi connectivity index (χ1) is 8.71. The van der Waals surface area contributed by atoms with Crippen LogP contribution in [-0.2, 0) is 4.79 Å². The van der Waals surface area contributed by atoms with Crippen molar-refractivity contribution in [1.82, 2.24) is 0 Å². The first-order valence-electron chi connectivity index (χ1n) is 5.41. The summed E-state index contributed by atoms with van der Waals surface area (Å²) in [7, 11) is 3.14. The molecule has 5 heteroatoms. The van der Waals surface area contributed by atoms with Crippen LogP contribution in [-0.4, -0.2) is 31.6 Å². The molecule has 0 atom stereocenters. The summed E-state index contributed by atoms with van der Waals surface area (Å²) >= 11 is 1.50. The number of hydrogen-bond donors (Lipinski definition) is 1. The fourth-order valence-corrected chi connectivity index (χ4v) is 1.88. The minimum absolute atomic E-state index is 0.0756. The predicted molar refractivity (Wildman–Crippen MR) is 75.7 cm³/mol. The summed E-state index contributed by atoms with van der Waals surface area (Å²) in [6.07, 6.45) is 1.77. The SMILES string of the molecule is C=CCSCC(=O)Nc1cc(OC)ccc1OC. The summed E-state index contributed by atoms with van der Waals surface area (Å²) < 4.78 is 10.3. The van der Waals surface area contributed by atoms with Crippen LogP contribution < -0.4 is 14.8 Å². The van der Waals surface area contributed by atoms with Crippen LogP contribution in [0.1, 0.15) is 0 Å². The highest BCUT2D eigenvalue weighted by Gasteiger charge is 2.08. The summed E-state index contributed by atoms with van der Waals surface area (Å²) in [5, 5.41) is 2.80. The number of anilines is 1. The van der Waals surface area contributed by atoms with Gasteiger partial charge in [-0.05, 0) is 12.1 Å². The number of carbonyl (C=O) groups is 1. The smallest absolute Gasteiger partial charge is 0.234 e. The molecule has 4 nitrogen and oxygen atoms in total. The van der Waals surface area contributed by atoms with Crippen molar-refractivity contribution in [3.8, 4) is 11.5 Å². The molecule has 0 saturated carbocycles. The number of methoxy groups -OCH3 is 2. The van der Waals surface area contributed by atoms with Crippen molar-refractivity contribution in [3.63, 3.8) is 0 Å². The molecule has 1 aromatic rings. The molecule has 1 N–H and O–H groups in total. The number of rotatable bonds is 7. The Labute approximate surface area is 111 Å². The van der Waals surface area contributed by atoms with E-state index in [0.717, 1.165) is 5.75 Å². The van der Waals surface area contributed by atoms with Crippen LogP contribution in [0.5, 0.6) is 11.5 Å². The lowest BCUT2D eigenvalue weighted by Gasteiger charge is -2.11. The Balaban J connectivity index is 2.69. The van der Waals surface area contributed by atoms with Crippen molar-refractivity contribution in [2.24, 2.45) is 0 Å². The van der Waals surface area contributed by atoms with E-state index in [9.17, 15) is 4.79 Å². The number of ether oxygens (including phenoxy) is 2. The molecule has 0 aromatic heterocycles. The Bertz CT molecular complexity index is 421. The highest BCUT2D eigenvalue weighted by Crippen LogP contribution is 2.28. The lowest BCUT2D eigenvalue weighted by atomic mass is 10.2. The Morgan fingerprint density at radius 2 is 2.22 bits per heavy atom. The highest BCUT2D eigenvalue weighted by molar-refractivity contribution is 8.00. The monoisotopic (exact) mass is 267 g/mol. The van der Waals surface area contributed by atoms with Gasteiger partial charge in [0.05, 0.1) is 25.7 Å². The fourth-order valence-electron chi connectivity index (χ4n) is 1.33. The maximum absolute atomic E-state index is 11.7. The zero-order valence-electron chi connectivity index (χ0n) is 10.6. The molecule has 0 bridgehead atoms. The highest BCUT2D eigenvalue weighted by atomic mass is 32.2. The molecule has 18 heavy (non-hydrogen) atoms. The Hall–Kier alpha value is -1.62. The summed E-state index contributed by atoms with van der Waals surface area (Å²) in [6, 6.07) is 5.27. The molecule has 0 aliphatic rings. The van der Waals surface area contributed by atoms with E-state index in [4.69, 9.17) is 9.47 Å². The molecule has 0 saturated heterocycles. The number of benzene rings is 1. The molecule has 0 aliphatic carbocycles. The van der Waals surface area contributed by atoms with Gasteiger partial charge in [-0.15, -0.1) is 18.3 Å². The van der Waals surface area contributed by atoms with Gasteiger partial charge >= 0.3 is 0 Å². The minimum atomic E-state index is -0.0756. The van der Waals surface area contributed by atoms with Crippen LogP contribution >= 0.6 is 11.8 Å². The van der Waals surface area contributed by atoms with Crippen molar-refractivity contribution in [1.29, 1.82) is 0 Å². The van der Waals surface area contributed by atoms with Gasteiger partial charge in [-0.3, -0.25) is 4.79 Å². The minimum Gasteiger partial charge on any atom is -0.497 e. The molecular weight excluding hydrogens is 250 g/mol. The van der Waals surface area contributed by atoms with Gasteiger partial charge in [-0.1, -0.05) is 6.08 Å². The largest absolute Gasteiger partial charge is 0.497 e. The second-order valence-corrected chi connectivity index (χ2v) is 4.45. The molecule has 0 unspecified atom stereocenters. The zero-order valence-corrected chi connectivity index (χ0v) is 11.4. The van der Waals surface area contributed by atoms with Crippen LogP contribution in [0.3, 0.4) is 0 Å². The average molecular weight is 267 g/mol. The standard InChI is InChI=1S/C13H17NO3S/c1-4-7-18-9-13(15)14-11-8-10(16-2)5-6-12(11)17-3/h4-6,8H,1,7,9H2,2-3H3,(H,14,15). The van der Waals surface area contributed by atoms with Crippen LogP contribution in [0.25, 0.3) is 0 Å². The Kier molecular flexibility index (Phi) is 6.14. The number of nitrogens with one attached hydrogen (secondary N) is 1. The lowest BCUT2D eigenvalue weighted by Crippen LogP contribution is -2.15. The average Bonchev–Trinajstić information content (AvgIpc) is 2.39. The number of thioether (sulfide) groups is 1. The van der Waals surface area contributed by atoms with Crippen LogP contribution in [0.4, 0.5) is 5.69 Å². The van der Waals surface area contributed by atoms with E-state index in [1.165, 1.54) is 11.8 Å². The second-order valence-electron chi connectivity index (χ2n) is 3.42. The van der Waals surface area contributed by atoms with Gasteiger partial charge < -0.3 is 14.8 Å². The summed E-state index contributed by atoms with van der Waals surface area (Å²) in [5.74, 6) is 2.34. The van der Waals surface area contributed by atoms with E-state index in [2.05, 4.69) is 11.9 Å². The summed E-state index contributed by atoms with van der Waals surface area (Å²) in [6.45, 7) is 3.60. The zero-order chi connectivity index (χ0) is 13.4. The molecule has 0 fully saturated rings. The molecule has 1 aromatic carbocycles. The third-order valence-electron chi connectivity index (χ3n) is 2.15. The van der Waals surface area contributed by atoms with Crippen molar-refractivity contribution in [3.05, 3.63) is 30.9 Å². The number of amides is 1. The second kappa shape index (κ2) is 7.66. The van der Waals surface area contributed by atoms with Gasteiger partial charge in [0.1, 0.15) is 11.5 Å². The molecule has 0 aliphatic heterocycles. The normalized spacial score (nSPS) is 9.67. The molecular formula is C13H17NO3S. The number of hydrogen-bond acceptors (Lipinski definition) is 4. The van der Waals surface area contributed by atoms with Gasteiger partial charge in [-0.2, -0.15) is 0 Å². The van der Waals surface area contributed by atoms with Gasteiger partial charge in [0, 0.05) is 11.8 Å². The van der Waals surface area contributed by atoms with E-state index in [-0.39, 0.29) is 5.91 Å². The van der Waals surface area contributed by atoms with Crippen molar-refractivity contribution in [2.75, 3.05) is 31.0 Å². The van der Waals surface area contributed by atoms with Crippen LogP contribution in [0, 0.1) is 0 Å². The van der Waals surface area contributed by atoms with E-state index < -0.39 is 0 Å². The quantitative estimate of drug-likeness (QED) is 0.609. The predicted octanol–water partition coefficient (Wildman–Crippen LogP) is 2.56. The molecule has 1 rings (SSSR count). The van der Waals surface area contributed by atoms with Crippen LogP contribution in [0.2, 0.25) is 0 Å². The Morgan fingerprint density at radius 3 is 2.83 bits per heavy atom. The van der Waals surface area contributed by atoms with Crippen LogP contribution in [0.15, 0.2) is 30.9 Å². The third-order valence-corrected chi connectivity index (χ3v) is 3.09. The molecule has 1 amide bonds. The first kappa shape index (κ1) is 14.4. The van der Waals surface area contributed by atoms with Gasteiger partial charge in [0.2, 0.25) is 5.91 Å². The molecule has 98 valence electrons. The van der Waals surface area contributed by atoms with Gasteiger partial charge in [-0.25, -0.2) is 0 Å².